The lowest BCUT2D eigenvalue weighted by Crippen LogP contribution is -2.63. The zero-order valence-electron chi connectivity index (χ0n) is 25.2. The average molecular weight is 577 g/mol. The predicted molar refractivity (Wildman–Crippen MR) is 159 cm³/mol. The van der Waals surface area contributed by atoms with E-state index in [2.05, 4.69) is 35.1 Å². The van der Waals surface area contributed by atoms with E-state index >= 15 is 0 Å². The number of hydrogen-bond acceptors (Lipinski definition) is 5. The highest BCUT2D eigenvalue weighted by Gasteiger charge is 2.78. The lowest BCUT2D eigenvalue weighted by atomic mass is 9.52. The van der Waals surface area contributed by atoms with Crippen LogP contribution in [0, 0.1) is 29.1 Å². The number of carbonyl (C=O) groups is 4. The lowest BCUT2D eigenvalue weighted by Gasteiger charge is -2.46. The van der Waals surface area contributed by atoms with E-state index in [0.29, 0.717) is 25.8 Å². The molecule has 3 heterocycles. The third kappa shape index (κ3) is 5.27. The summed E-state index contributed by atoms with van der Waals surface area (Å²) in [6.45, 7) is 10.1. The van der Waals surface area contributed by atoms with Gasteiger partial charge < -0.3 is 26.0 Å². The van der Waals surface area contributed by atoms with Crippen molar-refractivity contribution >= 4 is 23.6 Å². The molecule has 3 fully saturated rings. The number of nitrogens with one attached hydrogen (secondary N) is 4. The smallest absolute Gasteiger partial charge is 0.242 e. The van der Waals surface area contributed by atoms with E-state index in [1.54, 1.807) is 6.92 Å². The zero-order chi connectivity index (χ0) is 30.2. The van der Waals surface area contributed by atoms with Gasteiger partial charge in [0.1, 0.15) is 17.5 Å². The first-order valence-electron chi connectivity index (χ1n) is 15.2. The molecule has 1 spiro atoms. The Kier molecular flexibility index (Phi) is 8.34. The van der Waals surface area contributed by atoms with E-state index in [-0.39, 0.29) is 41.7 Å². The van der Waals surface area contributed by atoms with Crippen LogP contribution < -0.4 is 21.3 Å². The van der Waals surface area contributed by atoms with Gasteiger partial charge in [-0.25, -0.2) is 0 Å². The largest absolute Gasteiger partial charge is 0.365 e. The molecular formula is C33H44N4O5. The zero-order valence-corrected chi connectivity index (χ0v) is 25.2. The number of hydrogen-bond donors (Lipinski definition) is 4. The summed E-state index contributed by atoms with van der Waals surface area (Å²) in [5.74, 6) is -2.35. The maximum absolute atomic E-state index is 14.5. The van der Waals surface area contributed by atoms with Crippen LogP contribution in [0.15, 0.2) is 54.6 Å². The number of fused-ring (bicyclic) bond motifs is 2. The standard InChI is InChI=1S/C33H44N4O5/c1-19(2)17-25-29(39)34-16-12-7-6-11-15-23-27-32(5,42-27)20(3)26-24(18-22-13-9-8-10-14-22)37-31(41)33(23,26)30(40)35-21(4)28(38)36-25/h7-15,19-21,23-27H,6,16-18H2,1-5H3,(H,34,39)(H,35,40)(H,36,38)(H,37,41)/b12-7-,15-11+/t20-,21+,23?,24-,25+,26?,27-,32+,33-/m0/s1. The molecule has 4 aliphatic rings. The molecule has 2 saturated heterocycles. The molecule has 4 amide bonds. The van der Waals surface area contributed by atoms with Gasteiger partial charge in [-0.05, 0) is 50.5 Å². The third-order valence-electron chi connectivity index (χ3n) is 9.77. The van der Waals surface area contributed by atoms with Crippen LogP contribution in [0.25, 0.3) is 0 Å². The van der Waals surface area contributed by atoms with E-state index < -0.39 is 40.8 Å². The molecule has 1 saturated carbocycles. The molecule has 5 rings (SSSR count). The highest BCUT2D eigenvalue weighted by Crippen LogP contribution is 2.65. The van der Waals surface area contributed by atoms with Gasteiger partial charge in [-0.15, -0.1) is 0 Å². The fourth-order valence-corrected chi connectivity index (χ4v) is 7.45. The van der Waals surface area contributed by atoms with Gasteiger partial charge in [0.25, 0.3) is 0 Å². The minimum Gasteiger partial charge on any atom is -0.365 e. The van der Waals surface area contributed by atoms with Gasteiger partial charge in [-0.2, -0.15) is 0 Å². The lowest BCUT2D eigenvalue weighted by molar-refractivity contribution is -0.151. The topological polar surface area (TPSA) is 129 Å². The number of carbonyl (C=O) groups excluding carboxylic acids is 4. The Labute approximate surface area is 248 Å². The second-order valence-corrected chi connectivity index (χ2v) is 13.0. The van der Waals surface area contributed by atoms with Crippen LogP contribution in [-0.4, -0.2) is 60.0 Å². The number of amides is 4. The van der Waals surface area contributed by atoms with Crippen molar-refractivity contribution in [3.05, 3.63) is 60.2 Å². The summed E-state index contributed by atoms with van der Waals surface area (Å²) in [5.41, 5.74) is -0.845. The maximum atomic E-state index is 14.5. The molecule has 1 aliphatic carbocycles. The third-order valence-corrected chi connectivity index (χ3v) is 9.77. The first kappa shape index (κ1) is 30.0. The highest BCUT2D eigenvalue weighted by atomic mass is 16.6. The van der Waals surface area contributed by atoms with Crippen LogP contribution in [0.2, 0.25) is 0 Å². The average Bonchev–Trinajstić information content (AvgIpc) is 3.56. The van der Waals surface area contributed by atoms with Gasteiger partial charge in [0.15, 0.2) is 0 Å². The Morgan fingerprint density at radius 2 is 1.64 bits per heavy atom. The van der Waals surface area contributed by atoms with Crippen molar-refractivity contribution in [2.45, 2.75) is 83.7 Å². The van der Waals surface area contributed by atoms with Gasteiger partial charge in [-0.3, -0.25) is 19.2 Å². The second kappa shape index (κ2) is 11.7. The maximum Gasteiger partial charge on any atom is 0.242 e. The summed E-state index contributed by atoms with van der Waals surface area (Å²) in [4.78, 5) is 55.0. The van der Waals surface area contributed by atoms with Crippen LogP contribution in [0.5, 0.6) is 0 Å². The molecule has 1 aromatic carbocycles. The van der Waals surface area contributed by atoms with Crippen molar-refractivity contribution in [3.63, 3.8) is 0 Å². The summed E-state index contributed by atoms with van der Waals surface area (Å²) in [6, 6.07) is 7.97. The first-order valence-corrected chi connectivity index (χ1v) is 15.2. The molecule has 4 N–H and O–H groups in total. The summed E-state index contributed by atoms with van der Waals surface area (Å²) < 4.78 is 6.33. The summed E-state index contributed by atoms with van der Waals surface area (Å²) >= 11 is 0. The minimum atomic E-state index is -1.46. The van der Waals surface area contributed by atoms with E-state index in [4.69, 9.17) is 4.74 Å². The number of ether oxygens (including phenoxy) is 1. The fraction of sp³-hybridized carbons (Fsp3) is 0.576. The van der Waals surface area contributed by atoms with Crippen LogP contribution in [0.4, 0.5) is 0 Å². The Hall–Kier alpha value is -3.46. The van der Waals surface area contributed by atoms with E-state index in [1.807, 2.05) is 68.5 Å². The van der Waals surface area contributed by atoms with Crippen LogP contribution in [-0.2, 0) is 30.3 Å². The Morgan fingerprint density at radius 3 is 2.36 bits per heavy atom. The summed E-state index contributed by atoms with van der Waals surface area (Å²) in [7, 11) is 0. The van der Waals surface area contributed by atoms with Crippen LogP contribution in [0.3, 0.4) is 0 Å². The second-order valence-electron chi connectivity index (χ2n) is 13.0. The highest BCUT2D eigenvalue weighted by molar-refractivity contribution is 6.09. The van der Waals surface area contributed by atoms with Crippen molar-refractivity contribution in [2.75, 3.05) is 6.54 Å². The molecule has 42 heavy (non-hydrogen) atoms. The molecule has 0 radical (unpaired) electrons. The van der Waals surface area contributed by atoms with E-state index in [9.17, 15) is 19.2 Å². The number of benzene rings is 1. The van der Waals surface area contributed by atoms with Gasteiger partial charge in [-0.1, -0.05) is 75.4 Å². The van der Waals surface area contributed by atoms with Gasteiger partial charge in [0.2, 0.25) is 23.6 Å². The molecular weight excluding hydrogens is 532 g/mol. The molecule has 1 aromatic rings. The molecule has 3 aliphatic heterocycles. The molecule has 0 aromatic heterocycles. The van der Waals surface area contributed by atoms with Crippen molar-refractivity contribution in [1.29, 1.82) is 0 Å². The predicted octanol–water partition coefficient (Wildman–Crippen LogP) is 2.42. The number of rotatable bonds is 4. The Bertz CT molecular complexity index is 1280. The number of epoxide rings is 1. The summed E-state index contributed by atoms with van der Waals surface area (Å²) in [5, 5.41) is 11.8. The van der Waals surface area contributed by atoms with Gasteiger partial charge >= 0.3 is 0 Å². The molecule has 2 unspecified atom stereocenters. The van der Waals surface area contributed by atoms with E-state index in [0.717, 1.165) is 5.56 Å². The van der Waals surface area contributed by atoms with Crippen molar-refractivity contribution < 1.29 is 23.9 Å². The van der Waals surface area contributed by atoms with Crippen molar-refractivity contribution in [3.8, 4) is 0 Å². The quantitative estimate of drug-likeness (QED) is 0.249. The SMILES string of the molecule is CC(C)C[C@H]1NC(=O)[C@@H](C)NC(=O)[C@@]23C(=O)N[C@@H](Cc4ccccc4)C2[C@H](C)[C@@]2(C)O[C@H]2C3/C=C/C/C=C\CNC1=O. The summed E-state index contributed by atoms with van der Waals surface area (Å²) in [6.07, 6.45) is 9.05. The first-order chi connectivity index (χ1) is 20.0. The van der Waals surface area contributed by atoms with E-state index in [1.165, 1.54) is 0 Å². The Morgan fingerprint density at radius 1 is 0.929 bits per heavy atom. The fourth-order valence-electron chi connectivity index (χ4n) is 7.45. The Balaban J connectivity index is 1.54. The monoisotopic (exact) mass is 576 g/mol. The molecule has 9 heteroatoms. The minimum absolute atomic E-state index is 0.0979. The normalized spacial score (nSPS) is 40.0. The van der Waals surface area contributed by atoms with Gasteiger partial charge in [0, 0.05) is 24.4 Å². The molecule has 0 bridgehead atoms. The van der Waals surface area contributed by atoms with Crippen LogP contribution in [0.1, 0.15) is 53.0 Å². The van der Waals surface area contributed by atoms with Gasteiger partial charge in [0.05, 0.1) is 11.7 Å². The molecule has 9 atom stereocenters. The molecule has 9 nitrogen and oxygen atoms in total. The molecule has 226 valence electrons. The van der Waals surface area contributed by atoms with Crippen molar-refractivity contribution in [2.24, 2.45) is 29.1 Å². The van der Waals surface area contributed by atoms with Crippen LogP contribution >= 0.6 is 0 Å². The van der Waals surface area contributed by atoms with Crippen molar-refractivity contribution in [1.82, 2.24) is 21.3 Å². The number of allylic oxidation sites excluding steroid dienone is 2.